The third-order valence-electron chi connectivity index (χ3n) is 4.18. The first kappa shape index (κ1) is 17.7. The maximum atomic E-state index is 10.5. The summed E-state index contributed by atoms with van der Waals surface area (Å²) in [5.41, 5.74) is 4.22. The molecule has 24 heavy (non-hydrogen) atoms. The van der Waals surface area contributed by atoms with E-state index >= 15 is 0 Å². The minimum atomic E-state index is -0.774. The number of aliphatic carboxylic acids is 2. The minimum absolute atomic E-state index is 0.119. The zero-order valence-electron chi connectivity index (χ0n) is 13.9. The standard InChI is InChI=1S/C10H10O2.C10H12O2/c11-10(12)9-6-8(9)7-4-2-1-3-5-7;1-7-3-4-8(2)9(5-7)6-10(11)12/h1-5,8-9H,6H2,(H,11,12);3-5H,6H2,1-2H3,(H,11,12). The highest BCUT2D eigenvalue weighted by molar-refractivity contribution is 5.75. The molecule has 0 amide bonds. The van der Waals surface area contributed by atoms with Gasteiger partial charge < -0.3 is 10.2 Å². The van der Waals surface area contributed by atoms with Gasteiger partial charge in [0.15, 0.2) is 0 Å². The first-order valence-electron chi connectivity index (χ1n) is 7.94. The Kier molecular flexibility index (Phi) is 5.74. The average Bonchev–Trinajstić information content (AvgIpc) is 3.33. The Morgan fingerprint density at radius 1 is 1.04 bits per heavy atom. The van der Waals surface area contributed by atoms with E-state index in [1.807, 2.05) is 62.4 Å². The maximum Gasteiger partial charge on any atom is 0.307 e. The van der Waals surface area contributed by atoms with E-state index in [0.29, 0.717) is 0 Å². The van der Waals surface area contributed by atoms with Crippen molar-refractivity contribution in [3.63, 3.8) is 0 Å². The van der Waals surface area contributed by atoms with E-state index in [9.17, 15) is 9.59 Å². The van der Waals surface area contributed by atoms with Crippen molar-refractivity contribution < 1.29 is 19.8 Å². The van der Waals surface area contributed by atoms with Crippen LogP contribution in [0.25, 0.3) is 0 Å². The van der Waals surface area contributed by atoms with Crippen LogP contribution in [0.15, 0.2) is 48.5 Å². The van der Waals surface area contributed by atoms with E-state index in [4.69, 9.17) is 10.2 Å². The molecule has 4 nitrogen and oxygen atoms in total. The molecule has 3 rings (SSSR count). The van der Waals surface area contributed by atoms with Crippen molar-refractivity contribution in [1.82, 2.24) is 0 Å². The number of benzene rings is 2. The summed E-state index contributed by atoms with van der Waals surface area (Å²) < 4.78 is 0. The van der Waals surface area contributed by atoms with Gasteiger partial charge in [-0.1, -0.05) is 54.1 Å². The van der Waals surface area contributed by atoms with Gasteiger partial charge in [0, 0.05) is 0 Å². The quantitative estimate of drug-likeness (QED) is 0.896. The summed E-state index contributed by atoms with van der Waals surface area (Å²) >= 11 is 0. The second-order valence-corrected chi connectivity index (χ2v) is 6.20. The van der Waals surface area contributed by atoms with Crippen molar-refractivity contribution in [2.45, 2.75) is 32.6 Å². The lowest BCUT2D eigenvalue weighted by Gasteiger charge is -2.03. The molecule has 0 radical (unpaired) electrons. The SMILES string of the molecule is Cc1ccc(C)c(CC(=O)O)c1.O=C(O)C1CC1c1ccccc1. The van der Waals surface area contributed by atoms with Crippen LogP contribution >= 0.6 is 0 Å². The zero-order chi connectivity index (χ0) is 17.7. The molecular formula is C20H22O4. The topological polar surface area (TPSA) is 74.6 Å². The van der Waals surface area contributed by atoms with E-state index < -0.39 is 11.9 Å². The summed E-state index contributed by atoms with van der Waals surface area (Å²) in [6, 6.07) is 15.7. The van der Waals surface area contributed by atoms with Crippen LogP contribution in [0, 0.1) is 19.8 Å². The Balaban J connectivity index is 0.000000174. The molecule has 0 aliphatic heterocycles. The minimum Gasteiger partial charge on any atom is -0.481 e. The number of carboxylic acid groups (broad SMARTS) is 2. The van der Waals surface area contributed by atoms with Crippen molar-refractivity contribution in [3.8, 4) is 0 Å². The molecule has 1 aliphatic carbocycles. The largest absolute Gasteiger partial charge is 0.481 e. The number of rotatable bonds is 4. The second-order valence-electron chi connectivity index (χ2n) is 6.20. The molecule has 0 heterocycles. The first-order valence-corrected chi connectivity index (χ1v) is 7.94. The van der Waals surface area contributed by atoms with E-state index in [2.05, 4.69) is 0 Å². The van der Waals surface area contributed by atoms with Crippen LogP contribution in [0.4, 0.5) is 0 Å². The van der Waals surface area contributed by atoms with Crippen molar-refractivity contribution >= 4 is 11.9 Å². The van der Waals surface area contributed by atoms with E-state index in [1.54, 1.807) is 0 Å². The van der Waals surface area contributed by atoms with Gasteiger partial charge in [-0.3, -0.25) is 9.59 Å². The van der Waals surface area contributed by atoms with Crippen LogP contribution in [0.5, 0.6) is 0 Å². The van der Waals surface area contributed by atoms with Gasteiger partial charge in [-0.05, 0) is 42.9 Å². The normalized spacial score (nSPS) is 18.2. The molecule has 0 aromatic heterocycles. The molecule has 2 atom stereocenters. The number of carbonyl (C=O) groups is 2. The molecule has 4 heteroatoms. The lowest BCUT2D eigenvalue weighted by atomic mass is 10.0. The Labute approximate surface area is 141 Å². The van der Waals surface area contributed by atoms with Crippen LogP contribution < -0.4 is 0 Å². The van der Waals surface area contributed by atoms with Crippen LogP contribution in [0.2, 0.25) is 0 Å². The summed E-state index contributed by atoms with van der Waals surface area (Å²) in [5, 5.41) is 17.3. The Morgan fingerprint density at radius 2 is 1.71 bits per heavy atom. The molecule has 2 aromatic rings. The summed E-state index contributed by atoms with van der Waals surface area (Å²) in [4.78, 5) is 21.0. The smallest absolute Gasteiger partial charge is 0.307 e. The van der Waals surface area contributed by atoms with Crippen LogP contribution in [-0.2, 0) is 16.0 Å². The van der Waals surface area contributed by atoms with Gasteiger partial charge in [0.1, 0.15) is 0 Å². The maximum absolute atomic E-state index is 10.5. The van der Waals surface area contributed by atoms with E-state index in [1.165, 1.54) is 0 Å². The van der Waals surface area contributed by atoms with Crippen molar-refractivity contribution in [2.75, 3.05) is 0 Å². The average molecular weight is 326 g/mol. The summed E-state index contributed by atoms with van der Waals surface area (Å²) in [6.07, 6.45) is 0.923. The third-order valence-corrected chi connectivity index (χ3v) is 4.18. The Hall–Kier alpha value is -2.62. The van der Waals surface area contributed by atoms with Gasteiger partial charge in [0.05, 0.1) is 12.3 Å². The molecule has 126 valence electrons. The predicted molar refractivity (Wildman–Crippen MR) is 92.2 cm³/mol. The monoisotopic (exact) mass is 326 g/mol. The summed E-state index contributed by atoms with van der Waals surface area (Å²) in [6.45, 7) is 3.89. The van der Waals surface area contributed by atoms with Gasteiger partial charge in [0.2, 0.25) is 0 Å². The van der Waals surface area contributed by atoms with Crippen molar-refractivity contribution in [1.29, 1.82) is 0 Å². The van der Waals surface area contributed by atoms with Crippen LogP contribution in [0.3, 0.4) is 0 Å². The Bertz CT molecular complexity index is 722. The molecule has 1 aliphatic rings. The molecule has 0 spiro atoms. The Morgan fingerprint density at radius 3 is 2.25 bits per heavy atom. The summed E-state index contributed by atoms with van der Waals surface area (Å²) in [5.74, 6) is -1.30. The van der Waals surface area contributed by atoms with E-state index in [-0.39, 0.29) is 18.3 Å². The molecule has 2 unspecified atom stereocenters. The number of aryl methyl sites for hydroxylation is 2. The fourth-order valence-electron chi connectivity index (χ4n) is 2.69. The van der Waals surface area contributed by atoms with Gasteiger partial charge in [-0.25, -0.2) is 0 Å². The fourth-order valence-corrected chi connectivity index (χ4v) is 2.69. The highest BCUT2D eigenvalue weighted by atomic mass is 16.4. The van der Waals surface area contributed by atoms with Crippen LogP contribution in [0.1, 0.15) is 34.6 Å². The lowest BCUT2D eigenvalue weighted by molar-refractivity contribution is -0.139. The molecule has 1 saturated carbocycles. The van der Waals surface area contributed by atoms with Crippen molar-refractivity contribution in [3.05, 3.63) is 70.8 Å². The third kappa shape index (κ3) is 4.95. The molecule has 1 fully saturated rings. The number of hydrogen-bond donors (Lipinski definition) is 2. The molecule has 2 aromatic carbocycles. The first-order chi connectivity index (χ1) is 11.4. The van der Waals surface area contributed by atoms with Crippen LogP contribution in [-0.4, -0.2) is 22.2 Å². The lowest BCUT2D eigenvalue weighted by Crippen LogP contribution is -2.01. The molecule has 2 N–H and O–H groups in total. The fraction of sp³-hybridized carbons (Fsp3) is 0.300. The molecule has 0 saturated heterocycles. The number of hydrogen-bond acceptors (Lipinski definition) is 2. The van der Waals surface area contributed by atoms with Crippen molar-refractivity contribution in [2.24, 2.45) is 5.92 Å². The van der Waals surface area contributed by atoms with Gasteiger partial charge in [-0.15, -0.1) is 0 Å². The highest BCUT2D eigenvalue weighted by Crippen LogP contribution is 2.47. The van der Waals surface area contributed by atoms with Gasteiger partial charge in [0.25, 0.3) is 0 Å². The van der Waals surface area contributed by atoms with E-state index in [0.717, 1.165) is 28.7 Å². The molecular weight excluding hydrogens is 304 g/mol. The molecule has 0 bridgehead atoms. The predicted octanol–water partition coefficient (Wildman–Crippen LogP) is 3.81. The van der Waals surface area contributed by atoms with Gasteiger partial charge >= 0.3 is 11.9 Å². The number of carboxylic acids is 2. The van der Waals surface area contributed by atoms with Gasteiger partial charge in [-0.2, -0.15) is 0 Å². The zero-order valence-corrected chi connectivity index (χ0v) is 13.9. The summed E-state index contributed by atoms with van der Waals surface area (Å²) in [7, 11) is 0. The highest BCUT2D eigenvalue weighted by Gasteiger charge is 2.43. The second kappa shape index (κ2) is 7.77.